The molecule has 3 heterocycles. The standard InChI is InChI=1S/C17H20N4O2/c22-16(23)17-5-1-2-14(17)10-20(11-17)9-13-3-4-15(19-8-13)21-7-6-18-12-21/h3-4,6-8,12,14H,1-2,5,9-11H2,(H,22,23)/t14-,17+/m0/s1. The van der Waals surface area contributed by atoms with E-state index in [1.54, 1.807) is 12.5 Å². The summed E-state index contributed by atoms with van der Waals surface area (Å²) in [6.45, 7) is 2.31. The molecule has 23 heavy (non-hydrogen) atoms. The zero-order valence-electron chi connectivity index (χ0n) is 12.9. The summed E-state index contributed by atoms with van der Waals surface area (Å²) in [5.74, 6) is 0.529. The number of likely N-dealkylation sites (tertiary alicyclic amines) is 1. The van der Waals surface area contributed by atoms with Gasteiger partial charge >= 0.3 is 5.97 Å². The first-order chi connectivity index (χ1) is 11.2. The average molecular weight is 312 g/mol. The fourth-order valence-electron chi connectivity index (χ4n) is 4.18. The first kappa shape index (κ1) is 14.4. The predicted octanol–water partition coefficient (Wildman–Crippen LogP) is 1.95. The van der Waals surface area contributed by atoms with E-state index in [9.17, 15) is 9.90 Å². The number of carbonyl (C=O) groups is 1. The van der Waals surface area contributed by atoms with Crippen molar-refractivity contribution in [2.24, 2.45) is 11.3 Å². The van der Waals surface area contributed by atoms with E-state index < -0.39 is 11.4 Å². The number of pyridine rings is 1. The maximum Gasteiger partial charge on any atom is 0.311 e. The number of carboxylic acids is 1. The molecule has 1 aliphatic carbocycles. The molecule has 0 unspecified atom stereocenters. The van der Waals surface area contributed by atoms with Crippen LogP contribution < -0.4 is 0 Å². The SMILES string of the molecule is O=C(O)[C@@]12CCC[C@H]1CN(Cc1ccc(-n3ccnc3)nc1)C2. The minimum Gasteiger partial charge on any atom is -0.481 e. The van der Waals surface area contributed by atoms with Crippen molar-refractivity contribution in [3.63, 3.8) is 0 Å². The second-order valence-electron chi connectivity index (χ2n) is 6.71. The lowest BCUT2D eigenvalue weighted by atomic mass is 9.81. The molecule has 4 rings (SSSR count). The lowest BCUT2D eigenvalue weighted by Gasteiger charge is -2.23. The first-order valence-corrected chi connectivity index (χ1v) is 8.06. The van der Waals surface area contributed by atoms with E-state index in [1.807, 2.05) is 23.0 Å². The van der Waals surface area contributed by atoms with Crippen LogP contribution in [0.5, 0.6) is 0 Å². The molecule has 1 aliphatic heterocycles. The molecule has 1 saturated carbocycles. The zero-order valence-corrected chi connectivity index (χ0v) is 12.9. The largest absolute Gasteiger partial charge is 0.481 e. The van der Waals surface area contributed by atoms with Gasteiger partial charge in [-0.2, -0.15) is 0 Å². The van der Waals surface area contributed by atoms with Crippen LogP contribution in [0.4, 0.5) is 0 Å². The molecule has 1 N–H and O–H groups in total. The molecule has 120 valence electrons. The quantitative estimate of drug-likeness (QED) is 0.934. The van der Waals surface area contributed by atoms with E-state index in [1.165, 1.54) is 0 Å². The third kappa shape index (κ3) is 2.43. The molecule has 2 aromatic heterocycles. The van der Waals surface area contributed by atoms with E-state index in [4.69, 9.17) is 0 Å². The zero-order chi connectivity index (χ0) is 15.9. The van der Waals surface area contributed by atoms with Crippen molar-refractivity contribution in [3.8, 4) is 5.82 Å². The number of nitrogens with zero attached hydrogens (tertiary/aromatic N) is 4. The van der Waals surface area contributed by atoms with Crippen LogP contribution in [0.1, 0.15) is 24.8 Å². The summed E-state index contributed by atoms with van der Waals surface area (Å²) in [5.41, 5.74) is 0.610. The summed E-state index contributed by atoms with van der Waals surface area (Å²) in [5, 5.41) is 9.65. The van der Waals surface area contributed by atoms with Gasteiger partial charge in [-0.15, -0.1) is 0 Å². The maximum atomic E-state index is 11.7. The monoisotopic (exact) mass is 312 g/mol. The molecule has 0 spiro atoms. The molecule has 6 heteroatoms. The summed E-state index contributed by atoms with van der Waals surface area (Å²) in [6, 6.07) is 4.03. The van der Waals surface area contributed by atoms with Crippen molar-refractivity contribution in [2.45, 2.75) is 25.8 Å². The van der Waals surface area contributed by atoms with Crippen molar-refractivity contribution in [1.82, 2.24) is 19.4 Å². The Labute approximate surface area is 134 Å². The Morgan fingerprint density at radius 2 is 2.35 bits per heavy atom. The van der Waals surface area contributed by atoms with Crippen LogP contribution in [-0.4, -0.2) is 43.6 Å². The average Bonchev–Trinajstić information content (AvgIpc) is 3.23. The normalized spacial score (nSPS) is 27.2. The Bertz CT molecular complexity index is 698. The fourth-order valence-corrected chi connectivity index (χ4v) is 4.18. The number of hydrogen-bond donors (Lipinski definition) is 1. The van der Waals surface area contributed by atoms with Crippen molar-refractivity contribution in [3.05, 3.63) is 42.6 Å². The predicted molar refractivity (Wildman–Crippen MR) is 84.0 cm³/mol. The van der Waals surface area contributed by atoms with Gasteiger partial charge < -0.3 is 5.11 Å². The Morgan fingerprint density at radius 3 is 3.00 bits per heavy atom. The summed E-state index contributed by atoms with van der Waals surface area (Å²) in [4.78, 5) is 22.5. The number of hydrogen-bond acceptors (Lipinski definition) is 4. The van der Waals surface area contributed by atoms with Gasteiger partial charge in [0.25, 0.3) is 0 Å². The van der Waals surface area contributed by atoms with Crippen LogP contribution in [0.15, 0.2) is 37.1 Å². The summed E-state index contributed by atoms with van der Waals surface area (Å²) >= 11 is 0. The lowest BCUT2D eigenvalue weighted by molar-refractivity contribution is -0.149. The molecule has 0 amide bonds. The molecule has 0 radical (unpaired) electrons. The fraction of sp³-hybridized carbons (Fsp3) is 0.471. The minimum absolute atomic E-state index is 0.304. The molecule has 6 nitrogen and oxygen atoms in total. The van der Waals surface area contributed by atoms with Gasteiger partial charge in [0.2, 0.25) is 0 Å². The lowest BCUT2D eigenvalue weighted by Crippen LogP contribution is -2.35. The molecule has 2 atom stereocenters. The second-order valence-corrected chi connectivity index (χ2v) is 6.71. The molecule has 1 saturated heterocycles. The van der Waals surface area contributed by atoms with Gasteiger partial charge in [-0.25, -0.2) is 9.97 Å². The van der Waals surface area contributed by atoms with Gasteiger partial charge in [-0.05, 0) is 30.4 Å². The number of fused-ring (bicyclic) bond motifs is 1. The van der Waals surface area contributed by atoms with Gasteiger partial charge in [0.05, 0.1) is 5.41 Å². The Kier molecular flexibility index (Phi) is 3.41. The van der Waals surface area contributed by atoms with E-state index in [-0.39, 0.29) is 0 Å². The number of aliphatic carboxylic acids is 1. The smallest absolute Gasteiger partial charge is 0.311 e. The van der Waals surface area contributed by atoms with Crippen LogP contribution in [0.25, 0.3) is 5.82 Å². The minimum atomic E-state index is -0.615. The maximum absolute atomic E-state index is 11.7. The van der Waals surface area contributed by atoms with Crippen LogP contribution in [-0.2, 0) is 11.3 Å². The third-order valence-electron chi connectivity index (χ3n) is 5.35. The van der Waals surface area contributed by atoms with Gasteiger partial charge in [-0.1, -0.05) is 12.5 Å². The van der Waals surface area contributed by atoms with Crippen LogP contribution in [0, 0.1) is 11.3 Å². The Balaban J connectivity index is 1.46. The summed E-state index contributed by atoms with van der Waals surface area (Å²) < 4.78 is 1.86. The van der Waals surface area contributed by atoms with Crippen LogP contribution in [0.2, 0.25) is 0 Å². The van der Waals surface area contributed by atoms with Gasteiger partial charge in [-0.3, -0.25) is 14.3 Å². The molecule has 2 aromatic rings. The van der Waals surface area contributed by atoms with Gasteiger partial charge in [0.15, 0.2) is 0 Å². The molecule has 0 aromatic carbocycles. The molecule has 2 aliphatic rings. The van der Waals surface area contributed by atoms with Crippen molar-refractivity contribution >= 4 is 5.97 Å². The molecular formula is C17H20N4O2. The highest BCUT2D eigenvalue weighted by Crippen LogP contribution is 2.49. The Morgan fingerprint density at radius 1 is 1.43 bits per heavy atom. The van der Waals surface area contributed by atoms with Gasteiger partial charge in [0, 0.05) is 38.2 Å². The molecular weight excluding hydrogens is 292 g/mol. The summed E-state index contributed by atoms with van der Waals surface area (Å²) in [6.07, 6.45) is 10.1. The topological polar surface area (TPSA) is 71.2 Å². The highest BCUT2D eigenvalue weighted by molar-refractivity contribution is 5.76. The molecule has 2 fully saturated rings. The second kappa shape index (κ2) is 5.45. The summed E-state index contributed by atoms with van der Waals surface area (Å²) in [7, 11) is 0. The Hall–Kier alpha value is -2.21. The van der Waals surface area contributed by atoms with E-state index >= 15 is 0 Å². The van der Waals surface area contributed by atoms with E-state index in [2.05, 4.69) is 20.9 Å². The number of rotatable bonds is 4. The third-order valence-corrected chi connectivity index (χ3v) is 5.35. The van der Waals surface area contributed by atoms with Crippen molar-refractivity contribution in [1.29, 1.82) is 0 Å². The van der Waals surface area contributed by atoms with Crippen LogP contribution in [0.3, 0.4) is 0 Å². The number of carboxylic acid groups (broad SMARTS) is 1. The van der Waals surface area contributed by atoms with Crippen LogP contribution >= 0.6 is 0 Å². The van der Waals surface area contributed by atoms with E-state index in [0.29, 0.717) is 12.5 Å². The van der Waals surface area contributed by atoms with Gasteiger partial charge in [0.1, 0.15) is 12.1 Å². The van der Waals surface area contributed by atoms with Crippen molar-refractivity contribution in [2.75, 3.05) is 13.1 Å². The number of aromatic nitrogens is 3. The molecule has 0 bridgehead atoms. The highest BCUT2D eigenvalue weighted by Gasteiger charge is 2.54. The first-order valence-electron chi connectivity index (χ1n) is 8.06. The highest BCUT2D eigenvalue weighted by atomic mass is 16.4. The van der Waals surface area contributed by atoms with E-state index in [0.717, 1.165) is 43.7 Å². The van der Waals surface area contributed by atoms with Crippen molar-refractivity contribution < 1.29 is 9.90 Å². The number of imidazole rings is 1.